The van der Waals surface area contributed by atoms with Crippen LogP contribution in [-0.2, 0) is 41.7 Å². The Labute approximate surface area is 282 Å². The summed E-state index contributed by atoms with van der Waals surface area (Å²) < 4.78 is 9.75. The van der Waals surface area contributed by atoms with E-state index in [2.05, 4.69) is 84.9 Å². The first-order valence-electron chi connectivity index (χ1n) is 17.0. The largest absolute Gasteiger partial charge is 0.453 e. The summed E-state index contributed by atoms with van der Waals surface area (Å²) in [6.45, 7) is 10.1. The molecule has 2 aliphatic rings. The molecule has 0 aliphatic carbocycles. The van der Waals surface area contributed by atoms with Gasteiger partial charge in [0.25, 0.3) is 0 Å². The molecular formula is C41H52N2O4. The number of fused-ring (bicyclic) bond motifs is 2. The van der Waals surface area contributed by atoms with Gasteiger partial charge >= 0.3 is 12.2 Å². The lowest BCUT2D eigenvalue weighted by Crippen LogP contribution is -2.40. The lowest BCUT2D eigenvalue weighted by atomic mass is 9.88. The minimum Gasteiger partial charge on any atom is -0.453 e. The van der Waals surface area contributed by atoms with Gasteiger partial charge in [-0.1, -0.05) is 131 Å². The van der Waals surface area contributed by atoms with E-state index in [1.54, 1.807) is 4.90 Å². The number of aryl methyl sites for hydroxylation is 2. The lowest BCUT2D eigenvalue weighted by molar-refractivity contribution is 0.109. The van der Waals surface area contributed by atoms with Crippen LogP contribution in [0, 0.1) is 0 Å². The number of amides is 2. The van der Waals surface area contributed by atoms with Gasteiger partial charge in [0, 0.05) is 19.6 Å². The molecule has 0 saturated carbocycles. The third kappa shape index (κ3) is 10.2. The molecule has 0 radical (unpaired) electrons. The van der Waals surface area contributed by atoms with Crippen LogP contribution in [0.1, 0.15) is 79.1 Å². The van der Waals surface area contributed by atoms with Gasteiger partial charge in [-0.05, 0) is 71.0 Å². The second-order valence-electron chi connectivity index (χ2n) is 11.0. The third-order valence-electron chi connectivity index (χ3n) is 8.33. The zero-order valence-corrected chi connectivity index (χ0v) is 29.1. The zero-order chi connectivity index (χ0) is 34.0. The fourth-order valence-corrected chi connectivity index (χ4v) is 6.03. The van der Waals surface area contributed by atoms with Gasteiger partial charge in [-0.3, -0.25) is 4.90 Å². The molecule has 0 fully saturated rings. The highest BCUT2D eigenvalue weighted by Gasteiger charge is 2.32. The molecule has 0 spiro atoms. The first-order chi connectivity index (χ1) is 23.1. The smallest absolute Gasteiger partial charge is 0.410 e. The van der Waals surface area contributed by atoms with E-state index in [4.69, 9.17) is 9.47 Å². The first kappa shape index (κ1) is 36.9. The summed E-state index contributed by atoms with van der Waals surface area (Å²) in [6, 6.07) is 35.9. The van der Waals surface area contributed by atoms with Crippen molar-refractivity contribution in [3.8, 4) is 0 Å². The monoisotopic (exact) mass is 636 g/mol. The normalized spacial score (nSPS) is 14.3. The molecule has 1 atom stereocenters. The molecule has 0 saturated heterocycles. The number of methoxy groups -OCH3 is 2. The van der Waals surface area contributed by atoms with Crippen molar-refractivity contribution in [1.29, 1.82) is 0 Å². The zero-order valence-electron chi connectivity index (χ0n) is 29.1. The van der Waals surface area contributed by atoms with E-state index in [-0.39, 0.29) is 18.2 Å². The van der Waals surface area contributed by atoms with Gasteiger partial charge in [-0.2, -0.15) is 0 Å². The number of carbonyl (C=O) groups excluding carboxylic acids is 2. The molecule has 2 aliphatic heterocycles. The number of rotatable bonds is 5. The number of hydrogen-bond acceptors (Lipinski definition) is 4. The van der Waals surface area contributed by atoms with Gasteiger partial charge < -0.3 is 14.4 Å². The quantitative estimate of drug-likeness (QED) is 0.219. The molecule has 2 heterocycles. The van der Waals surface area contributed by atoms with E-state index in [0.29, 0.717) is 13.1 Å². The summed E-state index contributed by atoms with van der Waals surface area (Å²) in [5.41, 5.74) is 8.92. The van der Waals surface area contributed by atoms with Crippen LogP contribution in [0.25, 0.3) is 0 Å². The Balaban J connectivity index is 0.000000279. The summed E-state index contributed by atoms with van der Waals surface area (Å²) in [5, 5.41) is 0. The average molecular weight is 637 g/mol. The Morgan fingerprint density at radius 3 is 1.79 bits per heavy atom. The van der Waals surface area contributed by atoms with Crippen LogP contribution >= 0.6 is 0 Å². The van der Waals surface area contributed by atoms with Gasteiger partial charge in [0.2, 0.25) is 0 Å². The molecule has 6 nitrogen and oxygen atoms in total. The SMILES string of the molecule is CC.CC.COC(=O)N1CCc2ccccc2C1.COC(=O)N1CCc2ccccc2C1c1ccc(CCCc2ccccc2)cc1. The molecule has 0 bridgehead atoms. The number of benzene rings is 4. The molecule has 0 aromatic heterocycles. The Morgan fingerprint density at radius 1 is 0.617 bits per heavy atom. The van der Waals surface area contributed by atoms with Crippen LogP contribution in [0.15, 0.2) is 103 Å². The van der Waals surface area contributed by atoms with Gasteiger partial charge in [0.15, 0.2) is 0 Å². The van der Waals surface area contributed by atoms with Crippen molar-refractivity contribution in [3.63, 3.8) is 0 Å². The van der Waals surface area contributed by atoms with Crippen LogP contribution < -0.4 is 0 Å². The molecule has 1 unspecified atom stereocenters. The highest BCUT2D eigenvalue weighted by Crippen LogP contribution is 2.35. The maximum atomic E-state index is 12.4. The molecular weight excluding hydrogens is 584 g/mol. The number of carbonyl (C=O) groups is 2. The fourth-order valence-electron chi connectivity index (χ4n) is 6.03. The van der Waals surface area contributed by atoms with Gasteiger partial charge in [0.05, 0.1) is 20.3 Å². The van der Waals surface area contributed by atoms with Crippen LogP contribution in [0.5, 0.6) is 0 Å². The standard InChI is InChI=1S/C26H27NO2.C11H13NO2.2C2H6/c1-29-26(28)27-19-18-22-12-5-6-13-24(22)25(27)23-16-14-21(15-17-23)11-7-10-20-8-3-2-4-9-20;1-14-11(13)12-7-6-9-4-2-3-5-10(9)8-12;2*1-2/h2-6,8-9,12-17,25H,7,10-11,18-19H2,1H3;2-5H,6-8H2,1H3;2*1-2H3. The number of nitrogens with zero attached hydrogens (tertiary/aromatic N) is 2. The fraction of sp³-hybridized carbons (Fsp3) is 0.366. The molecule has 4 aromatic carbocycles. The van der Waals surface area contributed by atoms with E-state index in [1.165, 1.54) is 47.6 Å². The second kappa shape index (κ2) is 19.8. The van der Waals surface area contributed by atoms with E-state index in [1.807, 2.05) is 50.8 Å². The summed E-state index contributed by atoms with van der Waals surface area (Å²) in [4.78, 5) is 27.3. The number of ether oxygens (including phenoxy) is 2. The van der Waals surface area contributed by atoms with E-state index in [9.17, 15) is 9.59 Å². The molecule has 250 valence electrons. The van der Waals surface area contributed by atoms with Crippen molar-refractivity contribution in [2.75, 3.05) is 27.3 Å². The van der Waals surface area contributed by atoms with Crippen molar-refractivity contribution >= 4 is 12.2 Å². The molecule has 0 N–H and O–H groups in total. The van der Waals surface area contributed by atoms with Crippen molar-refractivity contribution in [3.05, 3.63) is 142 Å². The Bertz CT molecular complexity index is 1500. The van der Waals surface area contributed by atoms with Crippen LogP contribution in [0.3, 0.4) is 0 Å². The Kier molecular flexibility index (Phi) is 15.6. The highest BCUT2D eigenvalue weighted by molar-refractivity contribution is 5.70. The summed E-state index contributed by atoms with van der Waals surface area (Å²) in [5.74, 6) is 0. The van der Waals surface area contributed by atoms with Crippen molar-refractivity contribution in [1.82, 2.24) is 9.80 Å². The van der Waals surface area contributed by atoms with Gasteiger partial charge in [-0.25, -0.2) is 9.59 Å². The van der Waals surface area contributed by atoms with E-state index < -0.39 is 0 Å². The topological polar surface area (TPSA) is 59.1 Å². The van der Waals surface area contributed by atoms with Gasteiger partial charge in [-0.15, -0.1) is 0 Å². The maximum absolute atomic E-state index is 12.4. The summed E-state index contributed by atoms with van der Waals surface area (Å²) in [7, 11) is 2.87. The minimum atomic E-state index is -0.267. The summed E-state index contributed by atoms with van der Waals surface area (Å²) >= 11 is 0. The molecule has 6 rings (SSSR count). The van der Waals surface area contributed by atoms with E-state index in [0.717, 1.165) is 44.2 Å². The van der Waals surface area contributed by atoms with Crippen LogP contribution in [-0.4, -0.2) is 49.3 Å². The third-order valence-corrected chi connectivity index (χ3v) is 8.33. The van der Waals surface area contributed by atoms with E-state index >= 15 is 0 Å². The van der Waals surface area contributed by atoms with Gasteiger partial charge in [0.1, 0.15) is 0 Å². The average Bonchev–Trinajstić information content (AvgIpc) is 3.16. The predicted molar refractivity (Wildman–Crippen MR) is 192 cm³/mol. The predicted octanol–water partition coefficient (Wildman–Crippen LogP) is 9.44. The molecule has 2 amide bonds. The molecule has 4 aromatic rings. The summed E-state index contributed by atoms with van der Waals surface area (Å²) in [6.07, 6.45) is 4.55. The van der Waals surface area contributed by atoms with Crippen LogP contribution in [0.2, 0.25) is 0 Å². The Hall–Kier alpha value is -4.58. The highest BCUT2D eigenvalue weighted by atomic mass is 16.5. The molecule has 47 heavy (non-hydrogen) atoms. The molecule has 6 heteroatoms. The number of hydrogen-bond donors (Lipinski definition) is 0. The minimum absolute atomic E-state index is 0.0919. The van der Waals surface area contributed by atoms with Crippen molar-refractivity contribution in [2.45, 2.75) is 72.4 Å². The first-order valence-corrected chi connectivity index (χ1v) is 17.0. The van der Waals surface area contributed by atoms with Crippen molar-refractivity contribution < 1.29 is 19.1 Å². The van der Waals surface area contributed by atoms with Crippen LogP contribution in [0.4, 0.5) is 9.59 Å². The second-order valence-corrected chi connectivity index (χ2v) is 11.0. The van der Waals surface area contributed by atoms with Crippen molar-refractivity contribution in [2.24, 2.45) is 0 Å². The lowest BCUT2D eigenvalue weighted by Gasteiger charge is -2.36. The Morgan fingerprint density at radius 2 is 1.15 bits per heavy atom. The maximum Gasteiger partial charge on any atom is 0.410 e.